The van der Waals surface area contributed by atoms with Gasteiger partial charge in [0.05, 0.1) is 49.5 Å². The van der Waals surface area contributed by atoms with E-state index in [2.05, 4.69) is 94.4 Å². The van der Waals surface area contributed by atoms with Gasteiger partial charge < -0.3 is 25.6 Å². The summed E-state index contributed by atoms with van der Waals surface area (Å²) in [6.07, 6.45) is 33.8. The number of nitrogens with one attached hydrogen (secondary N) is 2. The van der Waals surface area contributed by atoms with E-state index in [0.29, 0.717) is 41.9 Å². The number of hydrogen-bond donors (Lipinski definition) is 4. The van der Waals surface area contributed by atoms with E-state index in [9.17, 15) is 32.6 Å². The largest absolute Gasteiger partial charge is 0.392 e. The number of amides is 2. The Bertz CT molecular complexity index is 1960. The molecule has 62 heavy (non-hydrogen) atoms. The lowest BCUT2D eigenvalue weighted by atomic mass is 9.97. The second-order valence-corrected chi connectivity index (χ2v) is 16.9. The number of halogens is 1. The summed E-state index contributed by atoms with van der Waals surface area (Å²) in [5.74, 6) is -1.19. The number of carbonyl (C=O) groups excluding carboxylic acids is 2. The van der Waals surface area contributed by atoms with E-state index in [1.807, 2.05) is 19.9 Å². The van der Waals surface area contributed by atoms with Crippen LogP contribution in [0.5, 0.6) is 0 Å². The van der Waals surface area contributed by atoms with Gasteiger partial charge in [-0.05, 0) is 75.1 Å². The lowest BCUT2D eigenvalue weighted by Gasteiger charge is -2.20. The third kappa shape index (κ3) is 23.3. The molecule has 0 aliphatic rings. The van der Waals surface area contributed by atoms with Gasteiger partial charge in [0, 0.05) is 44.1 Å². The molecule has 0 bridgehead atoms. The van der Waals surface area contributed by atoms with E-state index in [1.54, 1.807) is 6.08 Å². The molecular weight excluding hydrogens is 810 g/mol. The Labute approximate surface area is 369 Å². The monoisotopic (exact) mass is 877 g/mol. The van der Waals surface area contributed by atoms with Crippen molar-refractivity contribution in [2.75, 3.05) is 43.9 Å². The number of sulfonamides is 1. The van der Waals surface area contributed by atoms with Gasteiger partial charge in [0.1, 0.15) is 5.82 Å². The maximum absolute atomic E-state index is 13.8. The summed E-state index contributed by atoms with van der Waals surface area (Å²) in [5.41, 5.74) is 1.82. The molecule has 0 saturated heterocycles. The standard InChI is InChI=1S/C48H68FN5O7S/c1-6-7-8-9-10-11-12-13-14-15-16-17-18-19-20-21-22-23-24-25-44(57)50-32-34-61-35-33-51-45(58)37-42(56)36-41(55)30-31-43-46(38(2)3)52-48(54(4)62(5,59)60)53-47(43)39-26-28-40(49)29-27-39/h7-8,10-11,13-14,16-17,19-20,22-23,26-31,38,41-42,55-56H,6,9,12,15,18,21,24-25,32-37H2,1-5H3,(H,50,57)(H,51,58). The van der Waals surface area contributed by atoms with Gasteiger partial charge in [0.15, 0.2) is 0 Å². The fraction of sp³-hybridized carbons (Fsp3) is 0.458. The van der Waals surface area contributed by atoms with E-state index in [0.717, 1.165) is 49.1 Å². The van der Waals surface area contributed by atoms with Crippen molar-refractivity contribution in [3.8, 4) is 11.3 Å². The first kappa shape index (κ1) is 53.1. The number of rotatable bonds is 30. The van der Waals surface area contributed by atoms with Crippen LogP contribution in [0.4, 0.5) is 10.3 Å². The zero-order chi connectivity index (χ0) is 45.6. The second-order valence-electron chi connectivity index (χ2n) is 14.8. The van der Waals surface area contributed by atoms with Crippen molar-refractivity contribution < 1.29 is 37.3 Å². The van der Waals surface area contributed by atoms with Crippen molar-refractivity contribution in [3.63, 3.8) is 0 Å². The second kappa shape index (κ2) is 30.9. The number of anilines is 1. The minimum absolute atomic E-state index is 0.0600. The molecule has 2 unspecified atom stereocenters. The molecule has 12 nitrogen and oxygen atoms in total. The third-order valence-corrected chi connectivity index (χ3v) is 10.3. The Balaban J connectivity index is 1.65. The number of nitrogens with zero attached hydrogens (tertiary/aromatic N) is 3. The molecule has 0 fully saturated rings. The highest BCUT2D eigenvalue weighted by Gasteiger charge is 2.23. The van der Waals surface area contributed by atoms with Crippen LogP contribution in [0.1, 0.15) is 102 Å². The third-order valence-electron chi connectivity index (χ3n) is 9.10. The number of aromatic nitrogens is 2. The maximum Gasteiger partial charge on any atom is 0.239 e. The molecule has 0 radical (unpaired) electrons. The topological polar surface area (TPSA) is 171 Å². The number of hydrogen-bond acceptors (Lipinski definition) is 9. The van der Waals surface area contributed by atoms with E-state index in [1.165, 1.54) is 37.4 Å². The number of benzene rings is 1. The van der Waals surface area contributed by atoms with Crippen molar-refractivity contribution in [3.05, 3.63) is 120 Å². The van der Waals surface area contributed by atoms with Gasteiger partial charge in [-0.25, -0.2) is 27.1 Å². The summed E-state index contributed by atoms with van der Waals surface area (Å²) in [6.45, 7) is 6.94. The summed E-state index contributed by atoms with van der Waals surface area (Å²) >= 11 is 0. The lowest BCUT2D eigenvalue weighted by Crippen LogP contribution is -2.32. The van der Waals surface area contributed by atoms with Gasteiger partial charge >= 0.3 is 0 Å². The smallest absolute Gasteiger partial charge is 0.239 e. The Kier molecular flexibility index (Phi) is 26.5. The first-order valence-corrected chi connectivity index (χ1v) is 23.2. The molecule has 2 atom stereocenters. The number of allylic oxidation sites excluding steroid dienone is 12. The Morgan fingerprint density at radius 1 is 0.806 bits per heavy atom. The zero-order valence-corrected chi connectivity index (χ0v) is 37.9. The molecule has 340 valence electrons. The predicted molar refractivity (Wildman–Crippen MR) is 249 cm³/mol. The van der Waals surface area contributed by atoms with Crippen LogP contribution in [0.15, 0.2) is 103 Å². The molecular formula is C48H68FN5O7S. The molecule has 1 heterocycles. The van der Waals surface area contributed by atoms with Gasteiger partial charge in [-0.1, -0.05) is 106 Å². The molecule has 2 rings (SSSR count). The molecule has 0 aliphatic carbocycles. The van der Waals surface area contributed by atoms with Crippen molar-refractivity contribution in [1.82, 2.24) is 20.6 Å². The first-order chi connectivity index (χ1) is 29.7. The number of ether oxygens (including phenoxy) is 1. The molecule has 2 amide bonds. The minimum Gasteiger partial charge on any atom is -0.392 e. The summed E-state index contributed by atoms with van der Waals surface area (Å²) in [6, 6.07) is 5.56. The Morgan fingerprint density at radius 3 is 1.84 bits per heavy atom. The van der Waals surface area contributed by atoms with Crippen LogP contribution in [-0.4, -0.2) is 92.2 Å². The van der Waals surface area contributed by atoms with E-state index in [-0.39, 0.29) is 50.4 Å². The molecule has 4 N–H and O–H groups in total. The normalized spacial score (nSPS) is 13.6. The van der Waals surface area contributed by atoms with Crippen LogP contribution in [0.25, 0.3) is 17.3 Å². The highest BCUT2D eigenvalue weighted by Crippen LogP contribution is 2.32. The molecule has 0 aliphatic heterocycles. The van der Waals surface area contributed by atoms with Crippen molar-refractivity contribution in [2.45, 2.75) is 103 Å². The first-order valence-electron chi connectivity index (χ1n) is 21.4. The highest BCUT2D eigenvalue weighted by atomic mass is 32.2. The van der Waals surface area contributed by atoms with Gasteiger partial charge in [-0.2, -0.15) is 0 Å². The zero-order valence-electron chi connectivity index (χ0n) is 37.1. The van der Waals surface area contributed by atoms with E-state index < -0.39 is 34.0 Å². The average molecular weight is 878 g/mol. The van der Waals surface area contributed by atoms with Crippen molar-refractivity contribution in [2.24, 2.45) is 0 Å². The van der Waals surface area contributed by atoms with Gasteiger partial charge in [-0.15, -0.1) is 0 Å². The number of aliphatic hydroxyl groups is 2. The van der Waals surface area contributed by atoms with Crippen LogP contribution in [0.2, 0.25) is 0 Å². The Morgan fingerprint density at radius 2 is 1.32 bits per heavy atom. The highest BCUT2D eigenvalue weighted by molar-refractivity contribution is 7.92. The number of carbonyl (C=O) groups is 2. The van der Waals surface area contributed by atoms with E-state index >= 15 is 0 Å². The molecule has 2 aromatic rings. The van der Waals surface area contributed by atoms with Crippen LogP contribution >= 0.6 is 0 Å². The minimum atomic E-state index is -3.69. The van der Waals surface area contributed by atoms with Gasteiger partial charge in [-0.3, -0.25) is 9.59 Å². The van der Waals surface area contributed by atoms with Crippen molar-refractivity contribution in [1.29, 1.82) is 0 Å². The molecule has 14 heteroatoms. The van der Waals surface area contributed by atoms with Crippen molar-refractivity contribution >= 4 is 33.9 Å². The van der Waals surface area contributed by atoms with Crippen LogP contribution in [0, 0.1) is 5.82 Å². The predicted octanol–water partition coefficient (Wildman–Crippen LogP) is 8.04. The fourth-order valence-corrected chi connectivity index (χ4v) is 6.08. The summed E-state index contributed by atoms with van der Waals surface area (Å²) in [4.78, 5) is 33.5. The number of aliphatic hydroxyl groups excluding tert-OH is 2. The van der Waals surface area contributed by atoms with Gasteiger partial charge in [0.25, 0.3) is 0 Å². The Hall–Kier alpha value is -5.02. The van der Waals surface area contributed by atoms with E-state index in [4.69, 9.17) is 4.74 Å². The molecule has 1 aromatic carbocycles. The molecule has 1 aromatic heterocycles. The lowest BCUT2D eigenvalue weighted by molar-refractivity contribution is -0.123. The summed E-state index contributed by atoms with van der Waals surface area (Å²) in [5, 5.41) is 26.8. The molecule has 0 saturated carbocycles. The van der Waals surface area contributed by atoms with Crippen LogP contribution in [-0.2, 0) is 24.3 Å². The van der Waals surface area contributed by atoms with Crippen LogP contribution < -0.4 is 14.9 Å². The molecule has 0 spiro atoms. The summed E-state index contributed by atoms with van der Waals surface area (Å²) < 4.78 is 44.8. The summed E-state index contributed by atoms with van der Waals surface area (Å²) in [7, 11) is -2.35. The van der Waals surface area contributed by atoms with Gasteiger partial charge in [0.2, 0.25) is 27.8 Å². The fourth-order valence-electron chi connectivity index (χ4n) is 5.70. The van der Waals surface area contributed by atoms with Crippen LogP contribution in [0.3, 0.4) is 0 Å². The quantitative estimate of drug-likeness (QED) is 0.0448. The SMILES string of the molecule is CCC=CCC=CCC=CCC=CCC=CCC=CCCC(=O)NCCOCCNC(=O)CC(O)CC(O)C=Cc1c(-c2ccc(F)cc2)nc(N(C)S(C)(=O)=O)nc1C(C)C. The average Bonchev–Trinajstić information content (AvgIpc) is 3.22. The maximum atomic E-state index is 13.8.